The first-order chi connectivity index (χ1) is 12.7. The predicted octanol–water partition coefficient (Wildman–Crippen LogP) is 4.29. The van der Waals surface area contributed by atoms with Crippen LogP contribution in [0.25, 0.3) is 16.8 Å². The maximum Gasteiger partial charge on any atom is 0.337 e. The third kappa shape index (κ3) is 3.81. The van der Waals surface area contributed by atoms with Crippen molar-refractivity contribution in [2.24, 2.45) is 0 Å². The summed E-state index contributed by atoms with van der Waals surface area (Å²) in [6.07, 6.45) is 2.47. The Morgan fingerprint density at radius 2 is 1.69 bits per heavy atom. The van der Waals surface area contributed by atoms with Crippen LogP contribution in [0.2, 0.25) is 0 Å². The van der Waals surface area contributed by atoms with Crippen LogP contribution >= 0.6 is 0 Å². The first-order valence-electron chi connectivity index (χ1n) is 8.16. The molecular weight excluding hydrogens is 328 g/mol. The fourth-order valence-electron chi connectivity index (χ4n) is 2.70. The zero-order valence-corrected chi connectivity index (χ0v) is 14.3. The van der Waals surface area contributed by atoms with Crippen LogP contribution in [0.5, 0.6) is 5.75 Å². The number of aldehydes is 1. The number of ether oxygens (including phenoxy) is 2. The molecule has 0 aliphatic heterocycles. The van der Waals surface area contributed by atoms with E-state index in [-0.39, 0.29) is 6.61 Å². The summed E-state index contributed by atoms with van der Waals surface area (Å²) >= 11 is 0. The van der Waals surface area contributed by atoms with Gasteiger partial charge in [-0.05, 0) is 23.1 Å². The Hall–Kier alpha value is -3.40. The van der Waals surface area contributed by atoms with E-state index in [1.165, 1.54) is 7.11 Å². The lowest BCUT2D eigenvalue weighted by atomic mass is 10.1. The van der Waals surface area contributed by atoms with Crippen LogP contribution in [0.4, 0.5) is 0 Å². The molecule has 130 valence electrons. The zero-order valence-electron chi connectivity index (χ0n) is 14.3. The van der Waals surface area contributed by atoms with Crippen LogP contribution in [0, 0.1) is 0 Å². The average Bonchev–Trinajstić information content (AvgIpc) is 2.70. The third-order valence-electron chi connectivity index (χ3n) is 4.00. The van der Waals surface area contributed by atoms with Crippen molar-refractivity contribution in [3.8, 4) is 5.75 Å². The largest absolute Gasteiger partial charge is 0.487 e. The molecule has 0 saturated carbocycles. The number of fused-ring (bicyclic) bond motifs is 1. The number of methoxy groups -OCH3 is 1. The minimum Gasteiger partial charge on any atom is -0.487 e. The van der Waals surface area contributed by atoms with E-state index in [0.717, 1.165) is 22.6 Å². The number of esters is 1. The standard InChI is InChI=1S/C22H18O4/c1-25-22(24)19(13-16-7-3-2-4-8-16)15-26-21-18(14-23)12-11-17-9-5-6-10-20(17)21/h2-14H,15H2,1H3/b19-13-. The van der Waals surface area contributed by atoms with E-state index in [9.17, 15) is 9.59 Å². The van der Waals surface area contributed by atoms with Crippen molar-refractivity contribution < 1.29 is 19.1 Å². The van der Waals surface area contributed by atoms with Crippen LogP contribution in [-0.4, -0.2) is 26.0 Å². The van der Waals surface area contributed by atoms with Gasteiger partial charge in [0.05, 0.1) is 18.2 Å². The van der Waals surface area contributed by atoms with E-state index in [0.29, 0.717) is 16.9 Å². The molecule has 0 spiro atoms. The topological polar surface area (TPSA) is 52.6 Å². The fraction of sp³-hybridized carbons (Fsp3) is 0.0909. The van der Waals surface area contributed by atoms with Gasteiger partial charge in [0.2, 0.25) is 0 Å². The second kappa shape index (κ2) is 8.12. The van der Waals surface area contributed by atoms with Gasteiger partial charge in [-0.15, -0.1) is 0 Å². The highest BCUT2D eigenvalue weighted by atomic mass is 16.5. The number of carbonyl (C=O) groups is 2. The monoisotopic (exact) mass is 346 g/mol. The smallest absolute Gasteiger partial charge is 0.337 e. The summed E-state index contributed by atoms with van der Waals surface area (Å²) < 4.78 is 10.8. The van der Waals surface area contributed by atoms with Gasteiger partial charge in [-0.2, -0.15) is 0 Å². The molecule has 3 aromatic carbocycles. The highest BCUT2D eigenvalue weighted by Gasteiger charge is 2.14. The molecule has 4 heteroatoms. The van der Waals surface area contributed by atoms with E-state index in [1.54, 1.807) is 12.1 Å². The molecule has 26 heavy (non-hydrogen) atoms. The molecule has 0 atom stereocenters. The van der Waals surface area contributed by atoms with Crippen molar-refractivity contribution in [3.05, 3.63) is 83.4 Å². The lowest BCUT2D eigenvalue weighted by Gasteiger charge is -2.13. The molecule has 0 fully saturated rings. The fourth-order valence-corrected chi connectivity index (χ4v) is 2.70. The van der Waals surface area contributed by atoms with Crippen molar-refractivity contribution in [1.29, 1.82) is 0 Å². The normalized spacial score (nSPS) is 11.2. The minimum absolute atomic E-state index is 0.00356. The summed E-state index contributed by atoms with van der Waals surface area (Å²) in [7, 11) is 1.33. The van der Waals surface area contributed by atoms with E-state index in [2.05, 4.69) is 0 Å². The zero-order chi connectivity index (χ0) is 18.4. The Kier molecular flexibility index (Phi) is 5.44. The summed E-state index contributed by atoms with van der Waals surface area (Å²) in [6, 6.07) is 20.7. The van der Waals surface area contributed by atoms with E-state index < -0.39 is 5.97 Å². The summed E-state index contributed by atoms with van der Waals surface area (Å²) in [4.78, 5) is 23.5. The van der Waals surface area contributed by atoms with Gasteiger partial charge in [-0.25, -0.2) is 4.79 Å². The van der Waals surface area contributed by atoms with Crippen LogP contribution in [-0.2, 0) is 9.53 Å². The molecule has 0 N–H and O–H groups in total. The molecule has 3 aromatic rings. The second-order valence-corrected chi connectivity index (χ2v) is 5.68. The average molecular weight is 346 g/mol. The number of hydrogen-bond donors (Lipinski definition) is 0. The molecule has 0 aromatic heterocycles. The summed E-state index contributed by atoms with van der Waals surface area (Å²) in [6.45, 7) is -0.00356. The lowest BCUT2D eigenvalue weighted by Crippen LogP contribution is -2.13. The molecule has 0 bridgehead atoms. The quantitative estimate of drug-likeness (QED) is 0.380. The molecule has 4 nitrogen and oxygen atoms in total. The molecule has 0 saturated heterocycles. The van der Waals surface area contributed by atoms with Crippen LogP contribution < -0.4 is 4.74 Å². The van der Waals surface area contributed by atoms with Gasteiger partial charge in [-0.3, -0.25) is 4.79 Å². The number of carbonyl (C=O) groups excluding carboxylic acids is 2. The summed E-state index contributed by atoms with van der Waals surface area (Å²) in [5.41, 5.74) is 1.67. The first kappa shape index (κ1) is 17.4. The number of hydrogen-bond acceptors (Lipinski definition) is 4. The Balaban J connectivity index is 1.95. The second-order valence-electron chi connectivity index (χ2n) is 5.68. The maximum atomic E-state index is 12.1. The molecule has 0 heterocycles. The van der Waals surface area contributed by atoms with Crippen LogP contribution in [0.15, 0.2) is 72.3 Å². The third-order valence-corrected chi connectivity index (χ3v) is 4.00. The number of benzene rings is 3. The molecule has 0 aliphatic rings. The molecular formula is C22H18O4. The van der Waals surface area contributed by atoms with Gasteiger partial charge < -0.3 is 9.47 Å². The van der Waals surface area contributed by atoms with Crippen molar-refractivity contribution in [1.82, 2.24) is 0 Å². The van der Waals surface area contributed by atoms with Crippen molar-refractivity contribution in [2.75, 3.05) is 13.7 Å². The van der Waals surface area contributed by atoms with E-state index in [4.69, 9.17) is 9.47 Å². The van der Waals surface area contributed by atoms with Gasteiger partial charge >= 0.3 is 5.97 Å². The van der Waals surface area contributed by atoms with Gasteiger partial charge in [0.15, 0.2) is 6.29 Å². The highest BCUT2D eigenvalue weighted by molar-refractivity contribution is 5.97. The minimum atomic E-state index is -0.471. The van der Waals surface area contributed by atoms with E-state index in [1.807, 2.05) is 60.7 Å². The SMILES string of the molecule is COC(=O)/C(=C\c1ccccc1)COc1c(C=O)ccc2ccccc12. The van der Waals surface area contributed by atoms with Gasteiger partial charge in [0.1, 0.15) is 12.4 Å². The predicted molar refractivity (Wildman–Crippen MR) is 101 cm³/mol. The first-order valence-corrected chi connectivity index (χ1v) is 8.16. The Bertz CT molecular complexity index is 958. The molecule has 0 unspecified atom stereocenters. The maximum absolute atomic E-state index is 12.1. The number of rotatable bonds is 6. The van der Waals surface area contributed by atoms with Gasteiger partial charge in [-0.1, -0.05) is 60.7 Å². The molecule has 3 rings (SSSR count). The Morgan fingerprint density at radius 1 is 0.962 bits per heavy atom. The highest BCUT2D eigenvalue weighted by Crippen LogP contribution is 2.29. The molecule has 0 aliphatic carbocycles. The van der Waals surface area contributed by atoms with Crippen LogP contribution in [0.3, 0.4) is 0 Å². The van der Waals surface area contributed by atoms with Gasteiger partial charge in [0.25, 0.3) is 0 Å². The lowest BCUT2D eigenvalue weighted by molar-refractivity contribution is -0.136. The summed E-state index contributed by atoms with van der Waals surface area (Å²) in [5.74, 6) is -0.0114. The molecule has 0 amide bonds. The molecule has 0 radical (unpaired) electrons. The van der Waals surface area contributed by atoms with Crippen LogP contribution in [0.1, 0.15) is 15.9 Å². The van der Waals surface area contributed by atoms with Crippen molar-refractivity contribution >= 4 is 29.1 Å². The van der Waals surface area contributed by atoms with Crippen molar-refractivity contribution in [2.45, 2.75) is 0 Å². The van der Waals surface area contributed by atoms with Crippen molar-refractivity contribution in [3.63, 3.8) is 0 Å². The van der Waals surface area contributed by atoms with Gasteiger partial charge in [0, 0.05) is 5.39 Å². The summed E-state index contributed by atoms with van der Waals surface area (Å²) in [5, 5.41) is 1.78. The van der Waals surface area contributed by atoms with E-state index >= 15 is 0 Å². The Labute approximate surface area is 151 Å². The Morgan fingerprint density at radius 3 is 2.42 bits per heavy atom.